The summed E-state index contributed by atoms with van der Waals surface area (Å²) in [6.07, 6.45) is 0.345. The Morgan fingerprint density at radius 1 is 1.27 bits per heavy atom. The molecule has 162 valence electrons. The Bertz CT molecular complexity index is 985. The highest BCUT2D eigenvalue weighted by Gasteiger charge is 2.29. The predicted molar refractivity (Wildman–Crippen MR) is 118 cm³/mol. The largest absolute Gasteiger partial charge is 0.444 e. The standard InChI is InChI=1S/C21H30N4O4Si/c1-14-13-24(20(28)29-21(2,3)4)11-12-25(30-14)18(26)10-9-17-22-16-8-6-5-7-15(16)19(27)23-17/h5-8,14H,9-13,30H2,1-4H3,(H,22,23,27)/t14-/m0/s1. The van der Waals surface area contributed by atoms with Crippen molar-refractivity contribution in [2.24, 2.45) is 0 Å². The minimum absolute atomic E-state index is 0.0513. The number of benzene rings is 1. The third-order valence-electron chi connectivity index (χ3n) is 4.95. The molecule has 0 spiro atoms. The molecule has 1 fully saturated rings. The summed E-state index contributed by atoms with van der Waals surface area (Å²) in [4.78, 5) is 46.4. The molecule has 1 saturated heterocycles. The molecular formula is C21H30N4O4Si. The maximum Gasteiger partial charge on any atom is 0.410 e. The number of para-hydroxylation sites is 1. The van der Waals surface area contributed by atoms with Gasteiger partial charge in [0.25, 0.3) is 5.56 Å². The van der Waals surface area contributed by atoms with Crippen LogP contribution in [-0.4, -0.2) is 66.4 Å². The summed E-state index contributed by atoms with van der Waals surface area (Å²) in [5, 5.41) is 0.545. The van der Waals surface area contributed by atoms with Crippen LogP contribution in [0.2, 0.25) is 5.54 Å². The van der Waals surface area contributed by atoms with Gasteiger partial charge in [-0.1, -0.05) is 19.1 Å². The molecule has 0 unspecified atom stereocenters. The molecule has 1 aromatic heterocycles. The number of hydrogen-bond acceptors (Lipinski definition) is 5. The number of H-pyrrole nitrogens is 1. The number of hydrogen-bond donors (Lipinski definition) is 1. The molecule has 8 nitrogen and oxygen atoms in total. The maximum atomic E-state index is 12.8. The van der Waals surface area contributed by atoms with Gasteiger partial charge in [-0.25, -0.2) is 9.78 Å². The first-order valence-corrected chi connectivity index (χ1v) is 11.8. The van der Waals surface area contributed by atoms with E-state index >= 15 is 0 Å². The minimum Gasteiger partial charge on any atom is -0.444 e. The Balaban J connectivity index is 1.60. The number of aromatic amines is 1. The van der Waals surface area contributed by atoms with Gasteiger partial charge in [-0.15, -0.1) is 0 Å². The van der Waals surface area contributed by atoms with Crippen molar-refractivity contribution in [3.63, 3.8) is 0 Å². The van der Waals surface area contributed by atoms with Crippen molar-refractivity contribution < 1.29 is 14.3 Å². The SMILES string of the molecule is C[C@H]1CN(C(=O)OC(C)(C)C)CCN(C(=O)CCc2nc3ccccc3c(=O)[nH]2)[SiH2]1. The third kappa shape index (κ3) is 5.68. The highest BCUT2D eigenvalue weighted by atomic mass is 28.2. The van der Waals surface area contributed by atoms with E-state index in [0.29, 0.717) is 42.8 Å². The fourth-order valence-electron chi connectivity index (χ4n) is 3.59. The Kier molecular flexibility index (Phi) is 6.60. The maximum absolute atomic E-state index is 12.8. The first kappa shape index (κ1) is 22.0. The Hall–Kier alpha value is -2.68. The van der Waals surface area contributed by atoms with Crippen molar-refractivity contribution in [1.29, 1.82) is 0 Å². The van der Waals surface area contributed by atoms with E-state index < -0.39 is 15.3 Å². The van der Waals surface area contributed by atoms with Crippen LogP contribution in [0.1, 0.15) is 39.9 Å². The molecular weight excluding hydrogens is 400 g/mol. The smallest absolute Gasteiger partial charge is 0.410 e. The normalized spacial score (nSPS) is 18.5. The summed E-state index contributed by atoms with van der Waals surface area (Å²) in [5.41, 5.74) is 0.189. The van der Waals surface area contributed by atoms with Gasteiger partial charge in [0.05, 0.1) is 10.9 Å². The summed E-state index contributed by atoms with van der Waals surface area (Å²) in [6, 6.07) is 7.17. The van der Waals surface area contributed by atoms with Gasteiger partial charge in [-0.2, -0.15) is 0 Å². The van der Waals surface area contributed by atoms with Gasteiger partial charge in [0.1, 0.15) is 21.1 Å². The summed E-state index contributed by atoms with van der Waals surface area (Å²) in [7, 11) is -0.840. The zero-order chi connectivity index (χ0) is 21.9. The molecule has 1 aromatic carbocycles. The van der Waals surface area contributed by atoms with Gasteiger partial charge in [-0.3, -0.25) is 9.59 Å². The van der Waals surface area contributed by atoms with E-state index in [1.54, 1.807) is 23.1 Å². The summed E-state index contributed by atoms with van der Waals surface area (Å²) >= 11 is 0. The monoisotopic (exact) mass is 430 g/mol. The number of ether oxygens (including phenoxy) is 1. The first-order chi connectivity index (χ1) is 14.1. The van der Waals surface area contributed by atoms with E-state index in [0.717, 1.165) is 0 Å². The first-order valence-electron chi connectivity index (χ1n) is 10.4. The van der Waals surface area contributed by atoms with E-state index in [1.807, 2.05) is 31.4 Å². The predicted octanol–water partition coefficient (Wildman–Crippen LogP) is 1.83. The minimum atomic E-state index is -0.840. The number of carbonyl (C=O) groups is 2. The molecule has 30 heavy (non-hydrogen) atoms. The van der Waals surface area contributed by atoms with Crippen LogP contribution in [0, 0.1) is 0 Å². The molecule has 0 aliphatic carbocycles. The summed E-state index contributed by atoms with van der Waals surface area (Å²) < 4.78 is 7.41. The van der Waals surface area contributed by atoms with E-state index in [2.05, 4.69) is 16.9 Å². The average molecular weight is 431 g/mol. The van der Waals surface area contributed by atoms with Crippen molar-refractivity contribution >= 4 is 32.6 Å². The molecule has 0 bridgehead atoms. The lowest BCUT2D eigenvalue weighted by molar-refractivity contribution is -0.126. The third-order valence-corrected chi connectivity index (χ3v) is 6.94. The van der Waals surface area contributed by atoms with Crippen LogP contribution < -0.4 is 5.56 Å². The van der Waals surface area contributed by atoms with E-state index in [9.17, 15) is 14.4 Å². The Labute approximate surface area is 178 Å². The van der Waals surface area contributed by atoms with Crippen LogP contribution in [0.25, 0.3) is 10.9 Å². The lowest BCUT2D eigenvalue weighted by atomic mass is 10.2. The summed E-state index contributed by atoms with van der Waals surface area (Å²) in [5.74, 6) is 0.572. The van der Waals surface area contributed by atoms with Crippen LogP contribution in [0.4, 0.5) is 4.79 Å². The van der Waals surface area contributed by atoms with E-state index in [1.165, 1.54) is 0 Å². The highest BCUT2D eigenvalue weighted by molar-refractivity contribution is 6.38. The molecule has 2 amide bonds. The van der Waals surface area contributed by atoms with Gasteiger partial charge in [0.2, 0.25) is 5.91 Å². The molecule has 1 atom stereocenters. The number of nitrogens with one attached hydrogen (secondary N) is 1. The molecule has 2 heterocycles. The van der Waals surface area contributed by atoms with Crippen molar-refractivity contribution in [1.82, 2.24) is 19.4 Å². The molecule has 0 radical (unpaired) electrons. The van der Waals surface area contributed by atoms with Gasteiger partial charge in [0, 0.05) is 32.5 Å². The second kappa shape index (κ2) is 8.99. The lowest BCUT2D eigenvalue weighted by Gasteiger charge is -2.27. The van der Waals surface area contributed by atoms with Crippen LogP contribution in [-0.2, 0) is 16.0 Å². The quantitative estimate of drug-likeness (QED) is 0.750. The second-order valence-corrected chi connectivity index (χ2v) is 11.4. The number of aromatic nitrogens is 2. The van der Waals surface area contributed by atoms with Gasteiger partial charge >= 0.3 is 6.09 Å². The summed E-state index contributed by atoms with van der Waals surface area (Å²) in [6.45, 7) is 9.24. The topological polar surface area (TPSA) is 95.6 Å². The van der Waals surface area contributed by atoms with Crippen molar-refractivity contribution in [3.05, 3.63) is 40.4 Å². The van der Waals surface area contributed by atoms with Gasteiger partial charge in [-0.05, 0) is 38.4 Å². The molecule has 0 saturated carbocycles. The lowest BCUT2D eigenvalue weighted by Crippen LogP contribution is -2.40. The number of rotatable bonds is 3. The zero-order valence-electron chi connectivity index (χ0n) is 18.1. The molecule has 1 aliphatic heterocycles. The molecule has 9 heteroatoms. The number of aryl methyl sites for hydroxylation is 1. The van der Waals surface area contributed by atoms with E-state index in [4.69, 9.17) is 4.74 Å². The number of carbonyl (C=O) groups excluding carboxylic acids is 2. The zero-order valence-corrected chi connectivity index (χ0v) is 19.5. The van der Waals surface area contributed by atoms with Crippen molar-refractivity contribution in [2.75, 3.05) is 19.6 Å². The highest BCUT2D eigenvalue weighted by Crippen LogP contribution is 2.17. The van der Waals surface area contributed by atoms with Gasteiger partial charge < -0.3 is 19.2 Å². The second-order valence-electron chi connectivity index (χ2n) is 8.90. The fraction of sp³-hybridized carbons (Fsp3) is 0.524. The van der Waals surface area contributed by atoms with E-state index in [-0.39, 0.29) is 29.5 Å². The van der Waals surface area contributed by atoms with Crippen LogP contribution >= 0.6 is 0 Å². The number of amides is 2. The average Bonchev–Trinajstić information content (AvgIpc) is 2.87. The number of fused-ring (bicyclic) bond motifs is 1. The Morgan fingerprint density at radius 2 is 2.00 bits per heavy atom. The fourth-order valence-corrected chi connectivity index (χ4v) is 5.46. The van der Waals surface area contributed by atoms with Gasteiger partial charge in [0.15, 0.2) is 0 Å². The van der Waals surface area contributed by atoms with Crippen LogP contribution in [0.15, 0.2) is 29.1 Å². The van der Waals surface area contributed by atoms with Crippen molar-refractivity contribution in [3.8, 4) is 0 Å². The van der Waals surface area contributed by atoms with Crippen molar-refractivity contribution in [2.45, 2.75) is 51.7 Å². The van der Waals surface area contributed by atoms with Crippen LogP contribution in [0.3, 0.4) is 0 Å². The Morgan fingerprint density at radius 3 is 2.73 bits per heavy atom. The number of nitrogens with zero attached hydrogens (tertiary/aromatic N) is 3. The molecule has 3 rings (SSSR count). The molecule has 1 N–H and O–H groups in total. The molecule has 1 aliphatic rings. The molecule has 2 aromatic rings. The van der Waals surface area contributed by atoms with Crippen LogP contribution in [0.5, 0.6) is 0 Å².